The van der Waals surface area contributed by atoms with E-state index in [1.807, 2.05) is 0 Å². The van der Waals surface area contributed by atoms with E-state index in [0.717, 1.165) is 0 Å². The molecule has 0 bridgehead atoms. The van der Waals surface area contributed by atoms with Crippen LogP contribution in [0.15, 0.2) is 12.1 Å². The molecule has 1 unspecified atom stereocenters. The van der Waals surface area contributed by atoms with Crippen molar-refractivity contribution in [3.63, 3.8) is 0 Å². The fourth-order valence-electron chi connectivity index (χ4n) is 1.80. The third-order valence-corrected chi connectivity index (χ3v) is 3.21. The smallest absolute Gasteiger partial charge is 0.229 e. The molecule has 1 saturated heterocycles. The normalized spacial score (nSPS) is 19.9. The van der Waals surface area contributed by atoms with Crippen LogP contribution in [0.1, 0.15) is 6.42 Å². The number of β-amino-alcohol motifs (C(OH)–C–C–N with tert-alkyl or cyclic N) is 1. The van der Waals surface area contributed by atoms with Crippen LogP contribution in [0.3, 0.4) is 0 Å². The van der Waals surface area contributed by atoms with Gasteiger partial charge in [-0.1, -0.05) is 23.2 Å². The second-order valence-electron chi connectivity index (χ2n) is 3.80. The Morgan fingerprint density at radius 3 is 2.65 bits per heavy atom. The van der Waals surface area contributed by atoms with Crippen molar-refractivity contribution in [3.05, 3.63) is 22.2 Å². The number of ether oxygens (including phenoxy) is 1. The Balaban J connectivity index is 2.41. The van der Waals surface area contributed by atoms with Crippen molar-refractivity contribution in [1.82, 2.24) is 0 Å². The highest BCUT2D eigenvalue weighted by Crippen LogP contribution is 2.37. The summed E-state index contributed by atoms with van der Waals surface area (Å²) in [5.74, 6) is 0.282. The lowest BCUT2D eigenvalue weighted by Crippen LogP contribution is -2.25. The van der Waals surface area contributed by atoms with Crippen LogP contribution in [0.2, 0.25) is 10.0 Å². The molecule has 4 nitrogen and oxygen atoms in total. The first kappa shape index (κ1) is 12.5. The van der Waals surface area contributed by atoms with Gasteiger partial charge in [0, 0.05) is 6.07 Å². The van der Waals surface area contributed by atoms with Gasteiger partial charge in [-0.3, -0.25) is 4.79 Å². The van der Waals surface area contributed by atoms with Gasteiger partial charge in [0.25, 0.3) is 0 Å². The number of rotatable bonds is 2. The lowest BCUT2D eigenvalue weighted by Gasteiger charge is -2.18. The number of carbonyl (C=O) groups excluding carboxylic acids is 1. The highest BCUT2D eigenvalue weighted by atomic mass is 35.5. The fraction of sp³-hybridized carbons (Fsp3) is 0.364. The van der Waals surface area contributed by atoms with Crippen LogP contribution >= 0.6 is 23.2 Å². The summed E-state index contributed by atoms with van der Waals surface area (Å²) < 4.78 is 5.07. The van der Waals surface area contributed by atoms with Crippen LogP contribution in [0.25, 0.3) is 0 Å². The molecule has 1 heterocycles. The van der Waals surface area contributed by atoms with Crippen LogP contribution in [0, 0.1) is 0 Å². The van der Waals surface area contributed by atoms with Crippen molar-refractivity contribution < 1.29 is 14.6 Å². The number of hydrogen-bond acceptors (Lipinski definition) is 3. The van der Waals surface area contributed by atoms with Gasteiger partial charge in [0.05, 0.1) is 41.9 Å². The van der Waals surface area contributed by atoms with E-state index >= 15 is 0 Å². The van der Waals surface area contributed by atoms with E-state index in [1.165, 1.54) is 18.1 Å². The Morgan fingerprint density at radius 2 is 2.12 bits per heavy atom. The Morgan fingerprint density at radius 1 is 1.41 bits per heavy atom. The Kier molecular flexibility index (Phi) is 3.47. The van der Waals surface area contributed by atoms with Crippen LogP contribution in [-0.4, -0.2) is 30.8 Å². The van der Waals surface area contributed by atoms with Gasteiger partial charge >= 0.3 is 0 Å². The van der Waals surface area contributed by atoms with E-state index in [0.29, 0.717) is 21.5 Å². The molecular weight excluding hydrogens is 265 g/mol. The maximum atomic E-state index is 11.7. The average Bonchev–Trinajstić information content (AvgIpc) is 2.58. The third-order valence-electron chi connectivity index (χ3n) is 2.62. The number of carbonyl (C=O) groups is 1. The van der Waals surface area contributed by atoms with Crippen molar-refractivity contribution >= 4 is 34.8 Å². The highest BCUT2D eigenvalue weighted by molar-refractivity contribution is 6.37. The standard InChI is InChI=1S/C11H11Cl2NO3/c1-17-10-4-9(7(12)3-8(10)13)14-5-6(15)2-11(14)16/h3-4,6,15H,2,5H2,1H3. The van der Waals surface area contributed by atoms with Gasteiger partial charge < -0.3 is 14.7 Å². The monoisotopic (exact) mass is 275 g/mol. The van der Waals surface area contributed by atoms with Gasteiger partial charge in [0.15, 0.2) is 0 Å². The molecule has 1 aromatic rings. The molecule has 0 aliphatic carbocycles. The topological polar surface area (TPSA) is 49.8 Å². The van der Waals surface area contributed by atoms with Gasteiger partial charge in [0.1, 0.15) is 5.75 Å². The maximum absolute atomic E-state index is 11.7. The number of nitrogens with zero attached hydrogens (tertiary/aromatic N) is 1. The fourth-order valence-corrected chi connectivity index (χ4v) is 2.37. The van der Waals surface area contributed by atoms with Crippen LogP contribution in [0.5, 0.6) is 5.75 Å². The van der Waals surface area contributed by atoms with Crippen molar-refractivity contribution in [1.29, 1.82) is 0 Å². The van der Waals surface area contributed by atoms with Crippen LogP contribution in [-0.2, 0) is 4.79 Å². The van der Waals surface area contributed by atoms with E-state index in [4.69, 9.17) is 27.9 Å². The van der Waals surface area contributed by atoms with Crippen molar-refractivity contribution in [2.24, 2.45) is 0 Å². The molecule has 92 valence electrons. The predicted octanol–water partition coefficient (Wildman–Crippen LogP) is 2.10. The van der Waals surface area contributed by atoms with E-state index in [-0.39, 0.29) is 18.9 Å². The minimum Gasteiger partial charge on any atom is -0.495 e. The van der Waals surface area contributed by atoms with E-state index in [9.17, 15) is 9.90 Å². The van der Waals surface area contributed by atoms with Crippen molar-refractivity contribution in [2.45, 2.75) is 12.5 Å². The summed E-state index contributed by atoms with van der Waals surface area (Å²) in [6.45, 7) is 0.239. The summed E-state index contributed by atoms with van der Waals surface area (Å²) in [4.78, 5) is 13.1. The molecule has 1 aromatic carbocycles. The molecular formula is C11H11Cl2NO3. The zero-order chi connectivity index (χ0) is 12.6. The summed E-state index contributed by atoms with van der Waals surface area (Å²) >= 11 is 11.9. The molecule has 0 saturated carbocycles. The Labute approximate surface area is 109 Å². The first-order chi connectivity index (χ1) is 8.02. The molecule has 0 radical (unpaired) electrons. The molecule has 2 rings (SSSR count). The number of benzene rings is 1. The van der Waals surface area contributed by atoms with E-state index < -0.39 is 6.10 Å². The number of aliphatic hydroxyl groups excluding tert-OH is 1. The number of anilines is 1. The molecule has 1 atom stereocenters. The first-order valence-electron chi connectivity index (χ1n) is 5.04. The lowest BCUT2D eigenvalue weighted by atomic mass is 10.2. The van der Waals surface area contributed by atoms with Gasteiger partial charge in [-0.2, -0.15) is 0 Å². The zero-order valence-electron chi connectivity index (χ0n) is 9.11. The van der Waals surface area contributed by atoms with Crippen molar-refractivity contribution in [2.75, 3.05) is 18.6 Å². The summed E-state index contributed by atoms with van der Waals surface area (Å²) in [7, 11) is 1.49. The summed E-state index contributed by atoms with van der Waals surface area (Å²) in [5, 5.41) is 10.2. The lowest BCUT2D eigenvalue weighted by molar-refractivity contribution is -0.117. The molecule has 1 aliphatic heterocycles. The third kappa shape index (κ3) is 2.34. The SMILES string of the molecule is COc1cc(N2CC(O)CC2=O)c(Cl)cc1Cl. The van der Waals surface area contributed by atoms with Gasteiger partial charge in [-0.15, -0.1) is 0 Å². The molecule has 6 heteroatoms. The molecule has 17 heavy (non-hydrogen) atoms. The molecule has 1 aliphatic rings. The summed E-state index contributed by atoms with van der Waals surface area (Å²) in [6, 6.07) is 3.12. The Bertz CT molecular complexity index is 464. The number of amides is 1. The second kappa shape index (κ2) is 4.72. The van der Waals surface area contributed by atoms with E-state index in [2.05, 4.69) is 0 Å². The van der Waals surface area contributed by atoms with E-state index in [1.54, 1.807) is 6.07 Å². The maximum Gasteiger partial charge on any atom is 0.229 e. The second-order valence-corrected chi connectivity index (χ2v) is 4.61. The largest absolute Gasteiger partial charge is 0.495 e. The summed E-state index contributed by atoms with van der Waals surface area (Å²) in [6.07, 6.45) is -0.540. The number of hydrogen-bond donors (Lipinski definition) is 1. The quantitative estimate of drug-likeness (QED) is 0.899. The van der Waals surface area contributed by atoms with Gasteiger partial charge in [-0.05, 0) is 6.07 Å². The summed E-state index contributed by atoms with van der Waals surface area (Å²) in [5.41, 5.74) is 0.509. The molecule has 1 N–H and O–H groups in total. The van der Waals surface area contributed by atoms with Gasteiger partial charge in [-0.25, -0.2) is 0 Å². The zero-order valence-corrected chi connectivity index (χ0v) is 10.6. The minimum absolute atomic E-state index is 0.112. The van der Waals surface area contributed by atoms with Crippen molar-refractivity contribution in [3.8, 4) is 5.75 Å². The van der Waals surface area contributed by atoms with Crippen LogP contribution < -0.4 is 9.64 Å². The number of aliphatic hydroxyl groups is 1. The molecule has 0 aromatic heterocycles. The molecule has 1 fully saturated rings. The molecule has 1 amide bonds. The number of methoxy groups -OCH3 is 1. The Hall–Kier alpha value is -0.970. The van der Waals surface area contributed by atoms with Crippen LogP contribution in [0.4, 0.5) is 5.69 Å². The molecule has 0 spiro atoms. The minimum atomic E-state index is -0.653. The van der Waals surface area contributed by atoms with Gasteiger partial charge in [0.2, 0.25) is 5.91 Å². The number of halogens is 2. The predicted molar refractivity (Wildman–Crippen MR) is 66.0 cm³/mol. The highest BCUT2D eigenvalue weighted by Gasteiger charge is 2.30. The average molecular weight is 276 g/mol. The first-order valence-corrected chi connectivity index (χ1v) is 5.80.